The first-order chi connectivity index (χ1) is 12.1. The van der Waals surface area contributed by atoms with Crippen LogP contribution in [0.4, 0.5) is 4.79 Å². The molecule has 0 bridgehead atoms. The highest BCUT2D eigenvalue weighted by Crippen LogP contribution is 2.23. The van der Waals surface area contributed by atoms with Crippen molar-refractivity contribution in [2.75, 3.05) is 33.2 Å². The van der Waals surface area contributed by atoms with E-state index < -0.39 is 0 Å². The molecule has 132 valence electrons. The third-order valence-electron chi connectivity index (χ3n) is 4.52. The molecule has 1 N–H and O–H groups in total. The number of urea groups is 1. The van der Waals surface area contributed by atoms with E-state index >= 15 is 0 Å². The predicted molar refractivity (Wildman–Crippen MR) is 99.8 cm³/mol. The van der Waals surface area contributed by atoms with Crippen LogP contribution in [0.15, 0.2) is 48.8 Å². The zero-order valence-corrected chi connectivity index (χ0v) is 15.1. The number of likely N-dealkylation sites (N-methyl/N-ethyl adjacent to an activating group) is 1. The number of carbonyl (C=O) groups is 1. The molecule has 1 aliphatic heterocycles. The maximum absolute atomic E-state index is 12.8. The Hall–Kier alpha value is -2.11. The fourth-order valence-corrected chi connectivity index (χ4v) is 3.16. The second-order valence-corrected chi connectivity index (χ2v) is 6.79. The van der Waals surface area contributed by atoms with E-state index in [1.165, 1.54) is 0 Å². The number of rotatable bonds is 3. The predicted octanol–water partition coefficient (Wildman–Crippen LogP) is 3.17. The quantitative estimate of drug-likeness (QED) is 0.916. The van der Waals surface area contributed by atoms with Gasteiger partial charge in [-0.05, 0) is 55.4 Å². The molecule has 1 saturated heterocycles. The van der Waals surface area contributed by atoms with Gasteiger partial charge in [-0.1, -0.05) is 23.7 Å². The third-order valence-corrected chi connectivity index (χ3v) is 4.77. The number of carbonyl (C=O) groups excluding carboxylic acids is 1. The minimum atomic E-state index is -0.228. The van der Waals surface area contributed by atoms with Crippen LogP contribution in [0.1, 0.15) is 23.6 Å². The van der Waals surface area contributed by atoms with Crippen molar-refractivity contribution in [1.29, 1.82) is 0 Å². The van der Waals surface area contributed by atoms with E-state index in [1.807, 2.05) is 41.3 Å². The lowest BCUT2D eigenvalue weighted by atomic mass is 10.00. The highest BCUT2D eigenvalue weighted by molar-refractivity contribution is 6.30. The first kappa shape index (κ1) is 17.7. The molecule has 6 heteroatoms. The van der Waals surface area contributed by atoms with Gasteiger partial charge in [-0.15, -0.1) is 0 Å². The molecule has 0 spiro atoms. The number of hydrogen-bond donors (Lipinski definition) is 1. The average molecular weight is 359 g/mol. The second kappa shape index (κ2) is 8.32. The SMILES string of the molecule is CN1CCCN(C(=O)NC(c2ccncc2)c2ccc(Cl)cc2)CC1. The van der Waals surface area contributed by atoms with E-state index in [2.05, 4.69) is 22.2 Å². The van der Waals surface area contributed by atoms with Crippen molar-refractivity contribution in [3.8, 4) is 0 Å². The van der Waals surface area contributed by atoms with Crippen LogP contribution >= 0.6 is 11.6 Å². The summed E-state index contributed by atoms with van der Waals surface area (Å²) in [5.41, 5.74) is 1.99. The summed E-state index contributed by atoms with van der Waals surface area (Å²) in [6, 6.07) is 11.2. The summed E-state index contributed by atoms with van der Waals surface area (Å²) in [6.45, 7) is 3.44. The van der Waals surface area contributed by atoms with Crippen molar-refractivity contribution in [2.45, 2.75) is 12.5 Å². The van der Waals surface area contributed by atoms with Gasteiger partial charge in [0, 0.05) is 37.1 Å². The zero-order chi connectivity index (χ0) is 17.6. The van der Waals surface area contributed by atoms with Crippen LogP contribution in [-0.4, -0.2) is 54.0 Å². The summed E-state index contributed by atoms with van der Waals surface area (Å²) in [4.78, 5) is 21.1. The number of nitrogens with one attached hydrogen (secondary N) is 1. The number of halogens is 1. The van der Waals surface area contributed by atoms with Crippen molar-refractivity contribution >= 4 is 17.6 Å². The van der Waals surface area contributed by atoms with E-state index in [-0.39, 0.29) is 12.1 Å². The monoisotopic (exact) mass is 358 g/mol. The molecule has 2 aromatic rings. The molecule has 1 unspecified atom stereocenters. The number of benzene rings is 1. The van der Waals surface area contributed by atoms with E-state index in [1.54, 1.807) is 12.4 Å². The van der Waals surface area contributed by atoms with Gasteiger partial charge in [0.15, 0.2) is 0 Å². The van der Waals surface area contributed by atoms with Crippen LogP contribution in [0.2, 0.25) is 5.02 Å². The lowest BCUT2D eigenvalue weighted by Crippen LogP contribution is -2.43. The maximum atomic E-state index is 12.8. The summed E-state index contributed by atoms with van der Waals surface area (Å²) >= 11 is 6.01. The Bertz CT molecular complexity index is 692. The first-order valence-electron chi connectivity index (χ1n) is 8.53. The van der Waals surface area contributed by atoms with Crippen LogP contribution < -0.4 is 5.32 Å². The lowest BCUT2D eigenvalue weighted by Gasteiger charge is -2.26. The van der Waals surface area contributed by atoms with Gasteiger partial charge < -0.3 is 15.1 Å². The summed E-state index contributed by atoms with van der Waals surface area (Å²) in [5.74, 6) is 0. The molecule has 2 heterocycles. The van der Waals surface area contributed by atoms with E-state index in [9.17, 15) is 4.79 Å². The molecule has 1 fully saturated rings. The van der Waals surface area contributed by atoms with Crippen molar-refractivity contribution in [3.05, 3.63) is 64.9 Å². The van der Waals surface area contributed by atoms with Gasteiger partial charge in [0.25, 0.3) is 0 Å². The Labute approximate surface area is 153 Å². The van der Waals surface area contributed by atoms with Crippen LogP contribution in [0.3, 0.4) is 0 Å². The number of nitrogens with zero attached hydrogens (tertiary/aromatic N) is 3. The Morgan fingerprint density at radius 2 is 1.72 bits per heavy atom. The molecule has 0 saturated carbocycles. The van der Waals surface area contributed by atoms with Gasteiger partial charge in [-0.3, -0.25) is 4.98 Å². The summed E-state index contributed by atoms with van der Waals surface area (Å²) in [7, 11) is 2.09. The molecule has 3 rings (SSSR count). The number of pyridine rings is 1. The molecule has 5 nitrogen and oxygen atoms in total. The molecular formula is C19H23ClN4O. The highest BCUT2D eigenvalue weighted by Gasteiger charge is 2.22. The topological polar surface area (TPSA) is 48.5 Å². The largest absolute Gasteiger partial charge is 0.327 e. The Balaban J connectivity index is 1.80. The van der Waals surface area contributed by atoms with Gasteiger partial charge in [-0.25, -0.2) is 4.79 Å². The zero-order valence-electron chi connectivity index (χ0n) is 14.4. The van der Waals surface area contributed by atoms with Crippen molar-refractivity contribution in [1.82, 2.24) is 20.1 Å². The second-order valence-electron chi connectivity index (χ2n) is 6.36. The molecule has 1 atom stereocenters. The maximum Gasteiger partial charge on any atom is 0.318 e. The minimum absolute atomic E-state index is 0.0351. The molecular weight excluding hydrogens is 336 g/mol. The summed E-state index contributed by atoms with van der Waals surface area (Å²) in [5, 5.41) is 3.86. The van der Waals surface area contributed by atoms with E-state index in [0.29, 0.717) is 5.02 Å². The fraction of sp³-hybridized carbons (Fsp3) is 0.368. The molecule has 0 aliphatic carbocycles. The Kier molecular flexibility index (Phi) is 5.89. The number of hydrogen-bond acceptors (Lipinski definition) is 3. The van der Waals surface area contributed by atoms with Crippen molar-refractivity contribution < 1.29 is 4.79 Å². The molecule has 2 amide bonds. The lowest BCUT2D eigenvalue weighted by molar-refractivity contribution is 0.197. The summed E-state index contributed by atoms with van der Waals surface area (Å²) < 4.78 is 0. The van der Waals surface area contributed by atoms with Gasteiger partial charge in [0.1, 0.15) is 0 Å². The van der Waals surface area contributed by atoms with Gasteiger partial charge in [-0.2, -0.15) is 0 Å². The van der Waals surface area contributed by atoms with Crippen LogP contribution in [-0.2, 0) is 0 Å². The standard InChI is InChI=1S/C19H23ClN4O/c1-23-11-2-12-24(14-13-23)19(25)22-18(16-7-9-21-10-8-16)15-3-5-17(20)6-4-15/h3-10,18H,2,11-14H2,1H3,(H,22,25). The number of aromatic nitrogens is 1. The molecule has 0 radical (unpaired) electrons. The smallest absolute Gasteiger partial charge is 0.318 e. The van der Waals surface area contributed by atoms with Crippen LogP contribution in [0, 0.1) is 0 Å². The minimum Gasteiger partial charge on any atom is -0.327 e. The van der Waals surface area contributed by atoms with Gasteiger partial charge >= 0.3 is 6.03 Å². The Morgan fingerprint density at radius 3 is 2.44 bits per heavy atom. The normalized spacial score (nSPS) is 17.0. The van der Waals surface area contributed by atoms with Gasteiger partial charge in [0.05, 0.1) is 6.04 Å². The first-order valence-corrected chi connectivity index (χ1v) is 8.90. The molecule has 1 aromatic heterocycles. The van der Waals surface area contributed by atoms with E-state index in [0.717, 1.165) is 43.7 Å². The fourth-order valence-electron chi connectivity index (χ4n) is 3.03. The highest BCUT2D eigenvalue weighted by atomic mass is 35.5. The van der Waals surface area contributed by atoms with Crippen LogP contribution in [0.25, 0.3) is 0 Å². The number of amides is 2. The molecule has 25 heavy (non-hydrogen) atoms. The Morgan fingerprint density at radius 1 is 1.04 bits per heavy atom. The van der Waals surface area contributed by atoms with Gasteiger partial charge in [0.2, 0.25) is 0 Å². The summed E-state index contributed by atoms with van der Waals surface area (Å²) in [6.07, 6.45) is 4.47. The third kappa shape index (κ3) is 4.71. The van der Waals surface area contributed by atoms with Crippen LogP contribution in [0.5, 0.6) is 0 Å². The average Bonchev–Trinajstić information content (AvgIpc) is 2.86. The van der Waals surface area contributed by atoms with Crippen molar-refractivity contribution in [3.63, 3.8) is 0 Å². The van der Waals surface area contributed by atoms with E-state index in [4.69, 9.17) is 11.6 Å². The molecule has 1 aromatic carbocycles. The molecule has 1 aliphatic rings. The van der Waals surface area contributed by atoms with Crippen molar-refractivity contribution in [2.24, 2.45) is 0 Å².